The summed E-state index contributed by atoms with van der Waals surface area (Å²) in [6.07, 6.45) is 7.92. The third-order valence-corrected chi connectivity index (χ3v) is 11.5. The van der Waals surface area contributed by atoms with Crippen LogP contribution in [0.2, 0.25) is 0 Å². The molecule has 7 N–H and O–H groups in total. The van der Waals surface area contributed by atoms with E-state index in [2.05, 4.69) is 31.4 Å². The minimum atomic E-state index is -0.754. The molecule has 37 heavy (non-hydrogen) atoms. The van der Waals surface area contributed by atoms with Gasteiger partial charge in [0.1, 0.15) is 0 Å². The second-order valence-corrected chi connectivity index (χ2v) is 13.4. The molecule has 0 aromatic rings. The SMILES string of the molecule is C[C@@H](CCC(=O)NCCCCNC(N)=O)[C@@H]1CC[C@@H]2[C@H]3[C@@H](O)[C@@H](O)[C@H]4C[C@@H](O)CC[C@@]4(C)[C@@H]3CC[C@]21C. The van der Waals surface area contributed by atoms with E-state index >= 15 is 0 Å². The summed E-state index contributed by atoms with van der Waals surface area (Å²) in [7, 11) is 0. The Bertz CT molecular complexity index is 825. The van der Waals surface area contributed by atoms with Crippen LogP contribution in [-0.4, -0.2) is 58.7 Å². The summed E-state index contributed by atoms with van der Waals surface area (Å²) in [5.74, 6) is 1.93. The molecule has 0 aliphatic heterocycles. The number of amides is 3. The van der Waals surface area contributed by atoms with Gasteiger partial charge in [-0.2, -0.15) is 0 Å². The van der Waals surface area contributed by atoms with Crippen molar-refractivity contribution < 1.29 is 24.9 Å². The molecule has 0 radical (unpaired) electrons. The minimum Gasteiger partial charge on any atom is -0.393 e. The Balaban J connectivity index is 1.33. The lowest BCUT2D eigenvalue weighted by Gasteiger charge is -2.63. The van der Waals surface area contributed by atoms with Gasteiger partial charge in [0.2, 0.25) is 5.91 Å². The average Bonchev–Trinajstić information content (AvgIpc) is 3.21. The molecule has 0 unspecified atom stereocenters. The molecule has 8 heteroatoms. The highest BCUT2D eigenvalue weighted by Gasteiger charge is 2.65. The highest BCUT2D eigenvalue weighted by molar-refractivity contribution is 5.75. The monoisotopic (exact) mass is 521 g/mol. The Hall–Kier alpha value is -1.38. The normalized spacial score (nSPS) is 43.7. The Morgan fingerprint density at radius 1 is 0.892 bits per heavy atom. The van der Waals surface area contributed by atoms with Crippen molar-refractivity contribution in [3.8, 4) is 0 Å². The molecule has 4 fully saturated rings. The van der Waals surface area contributed by atoms with Crippen LogP contribution in [0.1, 0.15) is 91.4 Å². The zero-order valence-corrected chi connectivity index (χ0v) is 23.1. The smallest absolute Gasteiger partial charge is 0.312 e. The summed E-state index contributed by atoms with van der Waals surface area (Å²) < 4.78 is 0. The van der Waals surface area contributed by atoms with Gasteiger partial charge in [0.15, 0.2) is 0 Å². The molecule has 0 aromatic heterocycles. The van der Waals surface area contributed by atoms with Crippen molar-refractivity contribution in [1.82, 2.24) is 10.6 Å². The summed E-state index contributed by atoms with van der Waals surface area (Å²) in [5.41, 5.74) is 5.17. The van der Waals surface area contributed by atoms with Crippen LogP contribution in [-0.2, 0) is 4.79 Å². The number of primary amides is 1. The second-order valence-electron chi connectivity index (χ2n) is 13.4. The predicted octanol–water partition coefficient (Wildman–Crippen LogP) is 2.93. The van der Waals surface area contributed by atoms with E-state index in [-0.39, 0.29) is 34.7 Å². The van der Waals surface area contributed by atoms with Gasteiger partial charge >= 0.3 is 6.03 Å². The van der Waals surface area contributed by atoms with Crippen LogP contribution >= 0.6 is 0 Å². The molecule has 4 rings (SSSR count). The molecule has 8 nitrogen and oxygen atoms in total. The zero-order valence-electron chi connectivity index (χ0n) is 23.1. The van der Waals surface area contributed by atoms with Crippen LogP contribution in [0.5, 0.6) is 0 Å². The van der Waals surface area contributed by atoms with Crippen LogP contribution < -0.4 is 16.4 Å². The number of carbonyl (C=O) groups excluding carboxylic acids is 2. The van der Waals surface area contributed by atoms with Crippen molar-refractivity contribution in [2.45, 2.75) is 110 Å². The highest BCUT2D eigenvalue weighted by atomic mass is 16.3. The highest BCUT2D eigenvalue weighted by Crippen LogP contribution is 2.68. The van der Waals surface area contributed by atoms with Crippen molar-refractivity contribution in [3.05, 3.63) is 0 Å². The number of aliphatic hydroxyl groups excluding tert-OH is 3. The molecular weight excluding hydrogens is 470 g/mol. The van der Waals surface area contributed by atoms with E-state index < -0.39 is 18.2 Å². The van der Waals surface area contributed by atoms with Crippen molar-refractivity contribution in [2.75, 3.05) is 13.1 Å². The number of nitrogens with two attached hydrogens (primary N) is 1. The Morgan fingerprint density at radius 3 is 2.24 bits per heavy atom. The molecule has 0 bridgehead atoms. The predicted molar refractivity (Wildman–Crippen MR) is 142 cm³/mol. The second kappa shape index (κ2) is 11.4. The van der Waals surface area contributed by atoms with Gasteiger partial charge in [-0.1, -0.05) is 20.8 Å². The van der Waals surface area contributed by atoms with E-state index in [0.717, 1.165) is 57.8 Å². The number of hydrogen-bond acceptors (Lipinski definition) is 5. The number of aliphatic hydroxyl groups is 3. The quantitative estimate of drug-likeness (QED) is 0.258. The van der Waals surface area contributed by atoms with Crippen molar-refractivity contribution >= 4 is 11.9 Å². The fourth-order valence-electron chi connectivity index (χ4n) is 9.55. The molecule has 4 saturated carbocycles. The van der Waals surface area contributed by atoms with E-state index in [0.29, 0.717) is 49.6 Å². The van der Waals surface area contributed by atoms with E-state index in [1.54, 1.807) is 0 Å². The van der Waals surface area contributed by atoms with E-state index in [1.807, 2.05) is 0 Å². The molecule has 3 amide bonds. The maximum absolute atomic E-state index is 12.4. The maximum atomic E-state index is 12.4. The van der Waals surface area contributed by atoms with Crippen molar-refractivity contribution in [3.63, 3.8) is 0 Å². The Kier molecular flexibility index (Phi) is 8.81. The van der Waals surface area contributed by atoms with Gasteiger partial charge in [-0.15, -0.1) is 0 Å². The molecule has 0 saturated heterocycles. The first-order chi connectivity index (χ1) is 17.5. The number of unbranched alkanes of at least 4 members (excludes halogenated alkanes) is 1. The number of hydrogen-bond donors (Lipinski definition) is 6. The minimum absolute atomic E-state index is 0.0123. The van der Waals surface area contributed by atoms with Gasteiger partial charge in [0.25, 0.3) is 0 Å². The van der Waals surface area contributed by atoms with Crippen LogP contribution in [0.25, 0.3) is 0 Å². The third kappa shape index (κ3) is 5.53. The van der Waals surface area contributed by atoms with E-state index in [4.69, 9.17) is 5.73 Å². The van der Waals surface area contributed by atoms with Crippen LogP contribution in [0.15, 0.2) is 0 Å². The zero-order chi connectivity index (χ0) is 27.0. The van der Waals surface area contributed by atoms with Crippen molar-refractivity contribution in [2.24, 2.45) is 52.1 Å². The van der Waals surface area contributed by atoms with Gasteiger partial charge in [0, 0.05) is 19.5 Å². The largest absolute Gasteiger partial charge is 0.393 e. The molecule has 11 atom stereocenters. The summed E-state index contributed by atoms with van der Waals surface area (Å²) >= 11 is 0. The lowest BCUT2D eigenvalue weighted by Crippen LogP contribution is -2.64. The fraction of sp³-hybridized carbons (Fsp3) is 0.931. The lowest BCUT2D eigenvalue weighted by molar-refractivity contribution is -0.223. The summed E-state index contributed by atoms with van der Waals surface area (Å²) in [4.78, 5) is 23.1. The molecule has 0 spiro atoms. The van der Waals surface area contributed by atoms with Gasteiger partial charge in [-0.3, -0.25) is 4.79 Å². The number of urea groups is 1. The van der Waals surface area contributed by atoms with Gasteiger partial charge in [0.05, 0.1) is 18.3 Å². The maximum Gasteiger partial charge on any atom is 0.312 e. The van der Waals surface area contributed by atoms with Crippen molar-refractivity contribution in [1.29, 1.82) is 0 Å². The fourth-order valence-corrected chi connectivity index (χ4v) is 9.55. The molecule has 0 aromatic carbocycles. The number of carbonyl (C=O) groups is 2. The Morgan fingerprint density at radius 2 is 1.54 bits per heavy atom. The molecular formula is C29H51N3O5. The van der Waals surface area contributed by atoms with Crippen LogP contribution in [0.4, 0.5) is 4.79 Å². The van der Waals surface area contributed by atoms with E-state index in [9.17, 15) is 24.9 Å². The van der Waals surface area contributed by atoms with Gasteiger partial charge in [-0.25, -0.2) is 4.79 Å². The molecule has 4 aliphatic carbocycles. The Labute approximate surface area is 222 Å². The average molecular weight is 522 g/mol. The summed E-state index contributed by atoms with van der Waals surface area (Å²) in [6, 6.07) is -0.518. The first-order valence-corrected chi connectivity index (χ1v) is 14.8. The number of nitrogens with one attached hydrogen (secondary N) is 2. The molecule has 4 aliphatic rings. The molecule has 0 heterocycles. The van der Waals surface area contributed by atoms with Crippen LogP contribution in [0.3, 0.4) is 0 Å². The first-order valence-electron chi connectivity index (χ1n) is 14.8. The summed E-state index contributed by atoms with van der Waals surface area (Å²) in [5, 5.41) is 38.5. The third-order valence-electron chi connectivity index (χ3n) is 11.5. The van der Waals surface area contributed by atoms with E-state index in [1.165, 1.54) is 0 Å². The van der Waals surface area contributed by atoms with Crippen LogP contribution in [0, 0.1) is 46.3 Å². The first kappa shape index (κ1) is 28.6. The molecule has 212 valence electrons. The topological polar surface area (TPSA) is 145 Å². The van der Waals surface area contributed by atoms with Gasteiger partial charge in [-0.05, 0) is 111 Å². The number of rotatable bonds is 9. The van der Waals surface area contributed by atoms with Gasteiger partial charge < -0.3 is 31.7 Å². The lowest BCUT2D eigenvalue weighted by atomic mass is 9.43. The summed E-state index contributed by atoms with van der Waals surface area (Å²) in [6.45, 7) is 8.16. The number of fused-ring (bicyclic) bond motifs is 5. The standard InChI is InChI=1S/C29H51N3O5/c1-17(6-9-23(34)31-14-4-5-15-32-27(30)37)19-7-8-20-24-21(11-13-28(19,20)2)29(3)12-10-18(33)16-22(29)25(35)26(24)36/h17-22,24-26,33,35-36H,4-16H2,1-3H3,(H,31,34)(H3,30,32,37)/t17-,18-,19-,20+,21+,22+,24+,25-,26+,28-,29-/m0/s1.